The molecule has 1 aliphatic heterocycles. The van der Waals surface area contributed by atoms with Crippen LogP contribution in [0, 0.1) is 0 Å². The van der Waals surface area contributed by atoms with Gasteiger partial charge in [0.1, 0.15) is 31.0 Å². The van der Waals surface area contributed by atoms with Crippen LogP contribution in [0.2, 0.25) is 0 Å². The van der Waals surface area contributed by atoms with E-state index in [-0.39, 0.29) is 19.2 Å². The first-order valence-corrected chi connectivity index (χ1v) is 6.87. The van der Waals surface area contributed by atoms with E-state index in [0.29, 0.717) is 6.42 Å². The Hall–Kier alpha value is -0.690. The highest BCUT2D eigenvalue weighted by Crippen LogP contribution is 2.16. The largest absolute Gasteiger partial charge is 0.463 e. The van der Waals surface area contributed by atoms with E-state index in [4.69, 9.17) is 9.47 Å². The van der Waals surface area contributed by atoms with Gasteiger partial charge in [0.25, 0.3) is 0 Å². The number of ether oxygens (including phenoxy) is 2. The first kappa shape index (κ1) is 16.4. The molecule has 1 rings (SSSR count). The van der Waals surface area contributed by atoms with Crippen molar-refractivity contribution in [2.75, 3.05) is 13.2 Å². The zero-order chi connectivity index (χ0) is 14.3. The summed E-state index contributed by atoms with van der Waals surface area (Å²) in [6, 6.07) is 0. The number of carbonyl (C=O) groups excluding carboxylic acids is 1. The zero-order valence-electron chi connectivity index (χ0n) is 11.3. The highest BCUT2D eigenvalue weighted by Gasteiger charge is 2.37. The lowest BCUT2D eigenvalue weighted by Gasteiger charge is -2.34. The average Bonchev–Trinajstić information content (AvgIpc) is 2.40. The third-order valence-electron chi connectivity index (χ3n) is 3.25. The molecular weight excluding hydrogens is 252 g/mol. The summed E-state index contributed by atoms with van der Waals surface area (Å²) in [5, 5.41) is 28.4. The molecule has 1 saturated heterocycles. The van der Waals surface area contributed by atoms with Crippen LogP contribution in [0.5, 0.6) is 0 Å². The van der Waals surface area contributed by atoms with Crippen molar-refractivity contribution >= 4 is 5.97 Å². The van der Waals surface area contributed by atoms with Gasteiger partial charge in [0.05, 0.1) is 6.61 Å². The molecule has 1 heterocycles. The van der Waals surface area contributed by atoms with Gasteiger partial charge >= 0.3 is 5.97 Å². The molecule has 0 aromatic heterocycles. The van der Waals surface area contributed by atoms with E-state index in [2.05, 4.69) is 6.92 Å². The van der Waals surface area contributed by atoms with E-state index in [1.807, 2.05) is 0 Å². The molecule has 0 spiro atoms. The molecule has 19 heavy (non-hydrogen) atoms. The van der Waals surface area contributed by atoms with E-state index in [0.717, 1.165) is 25.7 Å². The van der Waals surface area contributed by atoms with Gasteiger partial charge in [0, 0.05) is 6.42 Å². The molecule has 0 radical (unpaired) electrons. The van der Waals surface area contributed by atoms with Gasteiger partial charge in [-0.1, -0.05) is 26.2 Å². The quantitative estimate of drug-likeness (QED) is 0.447. The minimum absolute atomic E-state index is 0.0725. The molecule has 0 saturated carbocycles. The summed E-state index contributed by atoms with van der Waals surface area (Å²) in [4.78, 5) is 11.4. The number of aliphatic hydroxyl groups is 3. The van der Waals surface area contributed by atoms with Crippen LogP contribution >= 0.6 is 0 Å². The van der Waals surface area contributed by atoms with Gasteiger partial charge in [0.15, 0.2) is 0 Å². The average molecular weight is 276 g/mol. The molecule has 0 aromatic carbocycles. The Balaban J connectivity index is 2.19. The molecule has 4 atom stereocenters. The summed E-state index contributed by atoms with van der Waals surface area (Å²) in [6.07, 6.45) is -0.0263. The van der Waals surface area contributed by atoms with Crippen molar-refractivity contribution in [1.82, 2.24) is 0 Å². The fourth-order valence-corrected chi connectivity index (χ4v) is 1.96. The van der Waals surface area contributed by atoms with E-state index in [1.54, 1.807) is 0 Å². The summed E-state index contributed by atoms with van der Waals surface area (Å²) in [5.74, 6) is -0.326. The van der Waals surface area contributed by atoms with Crippen LogP contribution in [0.15, 0.2) is 0 Å². The van der Waals surface area contributed by atoms with Gasteiger partial charge in [-0.25, -0.2) is 0 Å². The van der Waals surface area contributed by atoms with Gasteiger partial charge in [-0.05, 0) is 6.42 Å². The molecule has 1 aliphatic rings. The number of hydrogen-bond donors (Lipinski definition) is 3. The van der Waals surface area contributed by atoms with E-state index in [1.165, 1.54) is 0 Å². The molecule has 6 nitrogen and oxygen atoms in total. The van der Waals surface area contributed by atoms with Crippen molar-refractivity contribution in [3.63, 3.8) is 0 Å². The lowest BCUT2D eigenvalue weighted by molar-refractivity contribution is -0.201. The molecule has 0 amide bonds. The second kappa shape index (κ2) is 8.47. The highest BCUT2D eigenvalue weighted by atomic mass is 16.6. The Bertz CT molecular complexity index is 270. The number of aliphatic hydroxyl groups excluding tert-OH is 3. The Kier molecular flexibility index (Phi) is 7.30. The summed E-state index contributed by atoms with van der Waals surface area (Å²) in [6.45, 7) is 1.92. The molecule has 0 unspecified atom stereocenters. The molecule has 0 aromatic rings. The molecule has 1 fully saturated rings. The topological polar surface area (TPSA) is 96.2 Å². The highest BCUT2D eigenvalue weighted by molar-refractivity contribution is 5.69. The van der Waals surface area contributed by atoms with Gasteiger partial charge in [0.2, 0.25) is 0 Å². The second-order valence-corrected chi connectivity index (χ2v) is 4.91. The van der Waals surface area contributed by atoms with Crippen molar-refractivity contribution in [3.8, 4) is 0 Å². The monoisotopic (exact) mass is 276 g/mol. The van der Waals surface area contributed by atoms with Gasteiger partial charge < -0.3 is 24.8 Å². The van der Waals surface area contributed by atoms with Crippen LogP contribution in [0.1, 0.15) is 39.0 Å². The van der Waals surface area contributed by atoms with E-state index in [9.17, 15) is 20.1 Å². The number of esters is 1. The van der Waals surface area contributed by atoms with Crippen LogP contribution < -0.4 is 0 Å². The molecule has 0 aliphatic carbocycles. The van der Waals surface area contributed by atoms with Gasteiger partial charge in [-0.15, -0.1) is 0 Å². The Labute approximate surface area is 113 Å². The Morgan fingerprint density at radius 1 is 1.21 bits per heavy atom. The molecule has 6 heteroatoms. The predicted octanol–water partition coefficient (Wildman–Crippen LogP) is -0.0185. The molecule has 112 valence electrons. The van der Waals surface area contributed by atoms with Gasteiger partial charge in [-0.3, -0.25) is 4.79 Å². The van der Waals surface area contributed by atoms with Crippen molar-refractivity contribution < 1.29 is 29.6 Å². The van der Waals surface area contributed by atoms with Crippen molar-refractivity contribution in [2.24, 2.45) is 0 Å². The van der Waals surface area contributed by atoms with Crippen LogP contribution in [-0.2, 0) is 14.3 Å². The van der Waals surface area contributed by atoms with Crippen LogP contribution in [-0.4, -0.2) is 58.9 Å². The summed E-state index contributed by atoms with van der Waals surface area (Å²) in [5.41, 5.74) is 0. The summed E-state index contributed by atoms with van der Waals surface area (Å²) >= 11 is 0. The Morgan fingerprint density at radius 2 is 1.95 bits per heavy atom. The third-order valence-corrected chi connectivity index (χ3v) is 3.25. The van der Waals surface area contributed by atoms with E-state index < -0.39 is 24.4 Å². The SMILES string of the molecule is CCCCCCC(=O)OC[C@@H]1OC[C@@H](O)[C@H](O)[C@H]1O. The molecule has 0 bridgehead atoms. The lowest BCUT2D eigenvalue weighted by Crippen LogP contribution is -2.54. The Morgan fingerprint density at radius 3 is 2.63 bits per heavy atom. The molecule has 3 N–H and O–H groups in total. The zero-order valence-corrected chi connectivity index (χ0v) is 11.3. The fourth-order valence-electron chi connectivity index (χ4n) is 1.96. The summed E-state index contributed by atoms with van der Waals surface area (Å²) < 4.78 is 10.1. The van der Waals surface area contributed by atoms with E-state index >= 15 is 0 Å². The minimum atomic E-state index is -1.26. The van der Waals surface area contributed by atoms with Crippen LogP contribution in [0.3, 0.4) is 0 Å². The first-order valence-electron chi connectivity index (χ1n) is 6.87. The summed E-state index contributed by atoms with van der Waals surface area (Å²) in [7, 11) is 0. The molecular formula is C13H24O6. The van der Waals surface area contributed by atoms with Crippen molar-refractivity contribution in [1.29, 1.82) is 0 Å². The minimum Gasteiger partial charge on any atom is -0.463 e. The smallest absolute Gasteiger partial charge is 0.305 e. The standard InChI is InChI=1S/C13H24O6/c1-2-3-4-5-6-11(15)19-8-10-13(17)12(16)9(14)7-18-10/h9-10,12-14,16-17H,2-8H2,1H3/t9-,10+,12+,13+/m1/s1. The number of hydrogen-bond acceptors (Lipinski definition) is 6. The number of rotatable bonds is 7. The lowest BCUT2D eigenvalue weighted by atomic mass is 10.0. The first-order chi connectivity index (χ1) is 9.06. The van der Waals surface area contributed by atoms with Crippen molar-refractivity contribution in [3.05, 3.63) is 0 Å². The maximum Gasteiger partial charge on any atom is 0.305 e. The predicted molar refractivity (Wildman–Crippen MR) is 67.5 cm³/mol. The fraction of sp³-hybridized carbons (Fsp3) is 0.923. The maximum atomic E-state index is 11.4. The number of unbranched alkanes of at least 4 members (excludes halogenated alkanes) is 3. The van der Waals surface area contributed by atoms with Crippen molar-refractivity contribution in [2.45, 2.75) is 63.4 Å². The normalized spacial score (nSPS) is 31.2. The van der Waals surface area contributed by atoms with Crippen LogP contribution in [0.25, 0.3) is 0 Å². The second-order valence-electron chi connectivity index (χ2n) is 4.91. The third kappa shape index (κ3) is 5.44. The number of carbonyl (C=O) groups is 1. The van der Waals surface area contributed by atoms with Crippen LogP contribution in [0.4, 0.5) is 0 Å². The maximum absolute atomic E-state index is 11.4. The van der Waals surface area contributed by atoms with Gasteiger partial charge in [-0.2, -0.15) is 0 Å².